The number of hydrogen-bond acceptors (Lipinski definition) is 3. The summed E-state index contributed by atoms with van der Waals surface area (Å²) in [6, 6.07) is 4.22. The summed E-state index contributed by atoms with van der Waals surface area (Å²) in [4.78, 5) is 0. The van der Waals surface area contributed by atoms with Gasteiger partial charge in [0.15, 0.2) is 11.5 Å². The summed E-state index contributed by atoms with van der Waals surface area (Å²) in [5, 5.41) is 0. The molecule has 0 amide bonds. The van der Waals surface area contributed by atoms with E-state index in [4.69, 9.17) is 15.2 Å². The standard InChI is InChI=1S/C13H17NO2/c1-8-5-9-6-10(13(14)3-4-13)7-11(15-2)12(9)16-8/h6-8H,3-5,14H2,1-2H3. The van der Waals surface area contributed by atoms with E-state index in [1.54, 1.807) is 7.11 Å². The first-order chi connectivity index (χ1) is 7.62. The van der Waals surface area contributed by atoms with Crippen LogP contribution < -0.4 is 15.2 Å². The van der Waals surface area contributed by atoms with Crippen molar-refractivity contribution in [2.45, 2.75) is 37.8 Å². The Hall–Kier alpha value is -1.22. The number of benzene rings is 1. The summed E-state index contributed by atoms with van der Waals surface area (Å²) in [6.07, 6.45) is 3.35. The molecular formula is C13H17NO2. The lowest BCUT2D eigenvalue weighted by atomic mass is 10.00. The Morgan fingerprint density at radius 2 is 2.19 bits per heavy atom. The van der Waals surface area contributed by atoms with E-state index < -0.39 is 0 Å². The molecule has 86 valence electrons. The Kier molecular flexibility index (Phi) is 1.96. The van der Waals surface area contributed by atoms with Crippen LogP contribution in [-0.4, -0.2) is 13.2 Å². The van der Waals surface area contributed by atoms with Crippen LogP contribution in [0.5, 0.6) is 11.5 Å². The van der Waals surface area contributed by atoms with Crippen LogP contribution in [0.25, 0.3) is 0 Å². The van der Waals surface area contributed by atoms with Crippen molar-refractivity contribution in [3.05, 3.63) is 23.3 Å². The number of ether oxygens (including phenoxy) is 2. The molecule has 3 nitrogen and oxygen atoms in total. The number of fused-ring (bicyclic) bond motifs is 1. The Balaban J connectivity index is 2.08. The molecule has 2 N–H and O–H groups in total. The molecule has 0 saturated heterocycles. The fourth-order valence-corrected chi connectivity index (χ4v) is 2.36. The van der Waals surface area contributed by atoms with Gasteiger partial charge in [0.25, 0.3) is 0 Å². The molecule has 16 heavy (non-hydrogen) atoms. The number of methoxy groups -OCH3 is 1. The second-order valence-electron chi connectivity index (χ2n) is 4.96. The lowest BCUT2D eigenvalue weighted by Gasteiger charge is -2.14. The van der Waals surface area contributed by atoms with E-state index in [-0.39, 0.29) is 11.6 Å². The van der Waals surface area contributed by atoms with Crippen molar-refractivity contribution in [3.63, 3.8) is 0 Å². The quantitative estimate of drug-likeness (QED) is 0.827. The third-order valence-corrected chi connectivity index (χ3v) is 3.54. The number of rotatable bonds is 2. The molecule has 0 radical (unpaired) electrons. The van der Waals surface area contributed by atoms with Gasteiger partial charge in [0.05, 0.1) is 7.11 Å². The average molecular weight is 219 g/mol. The minimum absolute atomic E-state index is 0.103. The van der Waals surface area contributed by atoms with Crippen molar-refractivity contribution in [2.24, 2.45) is 5.73 Å². The van der Waals surface area contributed by atoms with Gasteiger partial charge in [0, 0.05) is 17.5 Å². The maximum Gasteiger partial charge on any atom is 0.164 e. The average Bonchev–Trinajstić information content (AvgIpc) is 2.89. The first kappa shape index (κ1) is 9.97. The van der Waals surface area contributed by atoms with Crippen LogP contribution in [0, 0.1) is 0 Å². The van der Waals surface area contributed by atoms with Crippen molar-refractivity contribution in [1.82, 2.24) is 0 Å². The number of nitrogens with two attached hydrogens (primary N) is 1. The van der Waals surface area contributed by atoms with Crippen LogP contribution in [0.1, 0.15) is 30.9 Å². The molecule has 1 fully saturated rings. The fraction of sp³-hybridized carbons (Fsp3) is 0.538. The van der Waals surface area contributed by atoms with Crippen LogP contribution in [0.3, 0.4) is 0 Å². The van der Waals surface area contributed by atoms with E-state index in [9.17, 15) is 0 Å². The molecule has 1 saturated carbocycles. The van der Waals surface area contributed by atoms with Crippen LogP contribution in [0.4, 0.5) is 0 Å². The summed E-state index contributed by atoms with van der Waals surface area (Å²) in [5.74, 6) is 1.73. The Morgan fingerprint density at radius 3 is 2.81 bits per heavy atom. The molecule has 1 unspecified atom stereocenters. The molecule has 1 aliphatic carbocycles. The molecule has 0 aromatic heterocycles. The maximum absolute atomic E-state index is 6.22. The topological polar surface area (TPSA) is 44.5 Å². The highest BCUT2D eigenvalue weighted by molar-refractivity contribution is 5.54. The minimum atomic E-state index is -0.103. The van der Waals surface area contributed by atoms with Gasteiger partial charge in [0.2, 0.25) is 0 Å². The molecule has 3 heteroatoms. The van der Waals surface area contributed by atoms with E-state index in [0.717, 1.165) is 30.8 Å². The zero-order valence-corrected chi connectivity index (χ0v) is 9.75. The highest BCUT2D eigenvalue weighted by atomic mass is 16.5. The molecule has 1 atom stereocenters. The Bertz CT molecular complexity index is 438. The summed E-state index contributed by atoms with van der Waals surface area (Å²) < 4.78 is 11.1. The fourth-order valence-electron chi connectivity index (χ4n) is 2.36. The van der Waals surface area contributed by atoms with E-state index in [1.165, 1.54) is 11.1 Å². The second-order valence-corrected chi connectivity index (χ2v) is 4.96. The molecule has 2 aliphatic rings. The zero-order chi connectivity index (χ0) is 11.3. The smallest absolute Gasteiger partial charge is 0.164 e. The van der Waals surface area contributed by atoms with E-state index >= 15 is 0 Å². The van der Waals surface area contributed by atoms with Gasteiger partial charge in [-0.15, -0.1) is 0 Å². The Morgan fingerprint density at radius 1 is 1.44 bits per heavy atom. The molecule has 1 aromatic carbocycles. The predicted octanol–water partition coefficient (Wildman–Crippen LogP) is 1.97. The maximum atomic E-state index is 6.22. The molecule has 0 bridgehead atoms. The molecule has 3 rings (SSSR count). The summed E-state index contributed by atoms with van der Waals surface area (Å²) in [6.45, 7) is 2.08. The van der Waals surface area contributed by atoms with Crippen molar-refractivity contribution < 1.29 is 9.47 Å². The van der Waals surface area contributed by atoms with Crippen LogP contribution in [0.2, 0.25) is 0 Å². The highest BCUT2D eigenvalue weighted by Crippen LogP contribution is 2.47. The highest BCUT2D eigenvalue weighted by Gasteiger charge is 2.41. The first-order valence-electron chi connectivity index (χ1n) is 5.79. The monoisotopic (exact) mass is 219 g/mol. The van der Waals surface area contributed by atoms with Crippen LogP contribution in [-0.2, 0) is 12.0 Å². The van der Waals surface area contributed by atoms with E-state index in [0.29, 0.717) is 0 Å². The SMILES string of the molecule is COc1cc(C2(N)CC2)cc2c1OC(C)C2. The van der Waals surface area contributed by atoms with Gasteiger partial charge in [-0.1, -0.05) is 0 Å². The van der Waals surface area contributed by atoms with E-state index in [2.05, 4.69) is 13.0 Å². The van der Waals surface area contributed by atoms with E-state index in [1.807, 2.05) is 6.07 Å². The summed E-state index contributed by atoms with van der Waals surface area (Å²) >= 11 is 0. The van der Waals surface area contributed by atoms with Gasteiger partial charge in [-0.3, -0.25) is 0 Å². The molecule has 1 heterocycles. The molecule has 1 aliphatic heterocycles. The third-order valence-electron chi connectivity index (χ3n) is 3.54. The largest absolute Gasteiger partial charge is 0.493 e. The van der Waals surface area contributed by atoms with Gasteiger partial charge in [-0.05, 0) is 37.5 Å². The number of hydrogen-bond donors (Lipinski definition) is 1. The second kappa shape index (κ2) is 3.14. The van der Waals surface area contributed by atoms with Crippen molar-refractivity contribution in [1.29, 1.82) is 0 Å². The normalized spacial score (nSPS) is 24.8. The Labute approximate surface area is 95.5 Å². The van der Waals surface area contributed by atoms with Gasteiger partial charge >= 0.3 is 0 Å². The van der Waals surface area contributed by atoms with Crippen molar-refractivity contribution in [3.8, 4) is 11.5 Å². The van der Waals surface area contributed by atoms with Crippen molar-refractivity contribution >= 4 is 0 Å². The summed E-state index contributed by atoms with van der Waals surface area (Å²) in [7, 11) is 1.68. The lowest BCUT2D eigenvalue weighted by Crippen LogP contribution is -2.18. The van der Waals surface area contributed by atoms with Gasteiger partial charge < -0.3 is 15.2 Å². The molecule has 0 spiro atoms. The van der Waals surface area contributed by atoms with Gasteiger partial charge in [0.1, 0.15) is 6.10 Å². The van der Waals surface area contributed by atoms with Gasteiger partial charge in [-0.2, -0.15) is 0 Å². The van der Waals surface area contributed by atoms with Crippen molar-refractivity contribution in [2.75, 3.05) is 7.11 Å². The lowest BCUT2D eigenvalue weighted by molar-refractivity contribution is 0.243. The van der Waals surface area contributed by atoms with Crippen LogP contribution >= 0.6 is 0 Å². The first-order valence-corrected chi connectivity index (χ1v) is 5.79. The summed E-state index contributed by atoms with van der Waals surface area (Å²) in [5.41, 5.74) is 8.55. The molecule has 1 aromatic rings. The minimum Gasteiger partial charge on any atom is -0.493 e. The molecular weight excluding hydrogens is 202 g/mol. The van der Waals surface area contributed by atoms with Crippen LogP contribution in [0.15, 0.2) is 12.1 Å². The predicted molar refractivity (Wildman–Crippen MR) is 61.9 cm³/mol. The van der Waals surface area contributed by atoms with Gasteiger partial charge in [-0.25, -0.2) is 0 Å². The zero-order valence-electron chi connectivity index (χ0n) is 9.75. The third kappa shape index (κ3) is 1.39.